The minimum Gasteiger partial charge on any atom is -0.383 e. The molecule has 0 bridgehead atoms. The van der Waals surface area contributed by atoms with Crippen LogP contribution in [0.5, 0.6) is 0 Å². The number of anilines is 1. The molecule has 0 saturated heterocycles. The van der Waals surface area contributed by atoms with E-state index in [0.29, 0.717) is 5.82 Å². The fourth-order valence-corrected chi connectivity index (χ4v) is 1.74. The first-order chi connectivity index (χ1) is 8.31. The molecule has 0 fully saturated rings. The van der Waals surface area contributed by atoms with Crippen LogP contribution in [0.1, 0.15) is 17.2 Å². The summed E-state index contributed by atoms with van der Waals surface area (Å²) in [6.07, 6.45) is 5.93. The average Bonchev–Trinajstić information content (AvgIpc) is 2.38. The second-order valence-electron chi connectivity index (χ2n) is 3.76. The quantitative estimate of drug-likeness (QED) is 0.533. The van der Waals surface area contributed by atoms with Crippen LogP contribution in [0.2, 0.25) is 0 Å². The SMILES string of the molecule is NNC(Cc1ccncc1)c1cccnc1N. The van der Waals surface area contributed by atoms with Gasteiger partial charge in [0, 0.05) is 24.2 Å². The van der Waals surface area contributed by atoms with Crippen molar-refractivity contribution in [2.45, 2.75) is 12.5 Å². The molecule has 2 heterocycles. The summed E-state index contributed by atoms with van der Waals surface area (Å²) < 4.78 is 0. The van der Waals surface area contributed by atoms with Crippen molar-refractivity contribution in [3.05, 3.63) is 54.0 Å². The van der Waals surface area contributed by atoms with E-state index in [1.807, 2.05) is 24.3 Å². The Morgan fingerprint density at radius 2 is 1.94 bits per heavy atom. The van der Waals surface area contributed by atoms with E-state index in [1.165, 1.54) is 0 Å². The predicted octanol–water partition coefficient (Wildman–Crippen LogP) is 0.806. The van der Waals surface area contributed by atoms with Gasteiger partial charge in [-0.3, -0.25) is 16.3 Å². The lowest BCUT2D eigenvalue weighted by Crippen LogP contribution is -2.30. The van der Waals surface area contributed by atoms with Crippen LogP contribution in [0, 0.1) is 0 Å². The summed E-state index contributed by atoms with van der Waals surface area (Å²) in [6.45, 7) is 0. The number of rotatable bonds is 4. The lowest BCUT2D eigenvalue weighted by atomic mass is 10.0. The van der Waals surface area contributed by atoms with Crippen LogP contribution in [0.3, 0.4) is 0 Å². The molecule has 1 atom stereocenters. The zero-order chi connectivity index (χ0) is 12.1. The number of hydrazine groups is 1. The summed E-state index contributed by atoms with van der Waals surface area (Å²) in [5.41, 5.74) is 10.7. The maximum atomic E-state index is 5.83. The lowest BCUT2D eigenvalue weighted by molar-refractivity contribution is 0.552. The van der Waals surface area contributed by atoms with Gasteiger partial charge in [0.05, 0.1) is 6.04 Å². The normalized spacial score (nSPS) is 12.3. The zero-order valence-electron chi connectivity index (χ0n) is 9.38. The van der Waals surface area contributed by atoms with Crippen molar-refractivity contribution in [3.8, 4) is 0 Å². The molecule has 88 valence electrons. The summed E-state index contributed by atoms with van der Waals surface area (Å²) in [7, 11) is 0. The maximum Gasteiger partial charge on any atom is 0.128 e. The van der Waals surface area contributed by atoms with Crippen LogP contribution in [-0.2, 0) is 6.42 Å². The number of aromatic nitrogens is 2. The highest BCUT2D eigenvalue weighted by Crippen LogP contribution is 2.20. The molecule has 1 unspecified atom stereocenters. The third kappa shape index (κ3) is 2.77. The second-order valence-corrected chi connectivity index (χ2v) is 3.76. The highest BCUT2D eigenvalue weighted by Gasteiger charge is 2.13. The Kier molecular flexibility index (Phi) is 3.64. The van der Waals surface area contributed by atoms with Gasteiger partial charge in [0.1, 0.15) is 5.82 Å². The van der Waals surface area contributed by atoms with Crippen LogP contribution in [0.25, 0.3) is 0 Å². The van der Waals surface area contributed by atoms with Crippen molar-refractivity contribution in [1.29, 1.82) is 0 Å². The third-order valence-electron chi connectivity index (χ3n) is 2.64. The van der Waals surface area contributed by atoms with Crippen LogP contribution in [0.4, 0.5) is 5.82 Å². The van der Waals surface area contributed by atoms with Gasteiger partial charge in [-0.05, 0) is 30.2 Å². The Labute approximate surface area is 99.9 Å². The standard InChI is InChI=1S/C12H15N5/c13-12-10(2-1-5-16-12)11(17-14)8-9-3-6-15-7-4-9/h1-7,11,17H,8,14H2,(H2,13,16). The van der Waals surface area contributed by atoms with Gasteiger partial charge in [-0.25, -0.2) is 4.98 Å². The van der Waals surface area contributed by atoms with E-state index in [4.69, 9.17) is 11.6 Å². The number of nitrogen functional groups attached to an aromatic ring is 1. The van der Waals surface area contributed by atoms with Gasteiger partial charge in [-0.1, -0.05) is 6.07 Å². The first kappa shape index (κ1) is 11.5. The summed E-state index contributed by atoms with van der Waals surface area (Å²) in [5.74, 6) is 6.08. The van der Waals surface area contributed by atoms with Gasteiger partial charge in [0.25, 0.3) is 0 Å². The van der Waals surface area contributed by atoms with Gasteiger partial charge in [-0.2, -0.15) is 0 Å². The molecule has 5 heteroatoms. The molecule has 2 rings (SSSR count). The van der Waals surface area contributed by atoms with Crippen LogP contribution < -0.4 is 17.0 Å². The van der Waals surface area contributed by atoms with Crippen molar-refractivity contribution in [3.63, 3.8) is 0 Å². The van der Waals surface area contributed by atoms with E-state index in [-0.39, 0.29) is 6.04 Å². The molecule has 17 heavy (non-hydrogen) atoms. The Morgan fingerprint density at radius 1 is 1.18 bits per heavy atom. The second kappa shape index (κ2) is 5.38. The fourth-order valence-electron chi connectivity index (χ4n) is 1.74. The molecule has 0 amide bonds. The van der Waals surface area contributed by atoms with E-state index in [1.54, 1.807) is 18.6 Å². The molecule has 0 saturated carbocycles. The molecule has 0 aliphatic carbocycles. The van der Waals surface area contributed by atoms with E-state index in [9.17, 15) is 0 Å². The number of nitrogens with zero attached hydrogens (tertiary/aromatic N) is 2. The zero-order valence-corrected chi connectivity index (χ0v) is 9.38. The molecule has 5 N–H and O–H groups in total. The summed E-state index contributed by atoms with van der Waals surface area (Å²) in [5, 5.41) is 0. The van der Waals surface area contributed by atoms with Crippen LogP contribution >= 0.6 is 0 Å². The highest BCUT2D eigenvalue weighted by atomic mass is 15.2. The van der Waals surface area contributed by atoms with Gasteiger partial charge in [0.15, 0.2) is 0 Å². The van der Waals surface area contributed by atoms with Gasteiger partial charge >= 0.3 is 0 Å². The van der Waals surface area contributed by atoms with Gasteiger partial charge < -0.3 is 5.73 Å². The average molecular weight is 229 g/mol. The number of nitrogens with two attached hydrogens (primary N) is 2. The molecular formula is C12H15N5. The van der Waals surface area contributed by atoms with Crippen molar-refractivity contribution >= 4 is 5.82 Å². The fraction of sp³-hybridized carbons (Fsp3) is 0.167. The van der Waals surface area contributed by atoms with Gasteiger partial charge in [-0.15, -0.1) is 0 Å². The monoisotopic (exact) mass is 229 g/mol. The Bertz CT molecular complexity index is 471. The lowest BCUT2D eigenvalue weighted by Gasteiger charge is -2.17. The van der Waals surface area contributed by atoms with E-state index < -0.39 is 0 Å². The molecular weight excluding hydrogens is 214 g/mol. The largest absolute Gasteiger partial charge is 0.383 e. The minimum absolute atomic E-state index is 0.0499. The molecule has 0 radical (unpaired) electrons. The van der Waals surface area contributed by atoms with Crippen molar-refractivity contribution in [1.82, 2.24) is 15.4 Å². The van der Waals surface area contributed by atoms with Crippen molar-refractivity contribution < 1.29 is 0 Å². The van der Waals surface area contributed by atoms with Crippen molar-refractivity contribution in [2.24, 2.45) is 5.84 Å². The molecule has 2 aromatic heterocycles. The number of nitrogens with one attached hydrogen (secondary N) is 1. The minimum atomic E-state index is -0.0499. The molecule has 0 spiro atoms. The number of pyridine rings is 2. The topological polar surface area (TPSA) is 89.8 Å². The number of hydrogen-bond acceptors (Lipinski definition) is 5. The summed E-state index contributed by atoms with van der Waals surface area (Å²) in [6, 6.07) is 7.64. The maximum absolute atomic E-state index is 5.83. The summed E-state index contributed by atoms with van der Waals surface area (Å²) in [4.78, 5) is 8.04. The molecule has 2 aromatic rings. The van der Waals surface area contributed by atoms with Crippen molar-refractivity contribution in [2.75, 3.05) is 5.73 Å². The van der Waals surface area contributed by atoms with Crippen LogP contribution in [0.15, 0.2) is 42.9 Å². The highest BCUT2D eigenvalue weighted by molar-refractivity contribution is 5.41. The molecule has 0 aromatic carbocycles. The van der Waals surface area contributed by atoms with E-state index in [2.05, 4.69) is 15.4 Å². The smallest absolute Gasteiger partial charge is 0.128 e. The first-order valence-electron chi connectivity index (χ1n) is 5.36. The predicted molar refractivity (Wildman–Crippen MR) is 66.7 cm³/mol. The Morgan fingerprint density at radius 3 is 2.59 bits per heavy atom. The van der Waals surface area contributed by atoms with E-state index in [0.717, 1.165) is 17.5 Å². The van der Waals surface area contributed by atoms with E-state index >= 15 is 0 Å². The van der Waals surface area contributed by atoms with Crippen LogP contribution in [-0.4, -0.2) is 9.97 Å². The number of hydrogen-bond donors (Lipinski definition) is 3. The first-order valence-corrected chi connectivity index (χ1v) is 5.36. The third-order valence-corrected chi connectivity index (χ3v) is 2.64. The Hall–Kier alpha value is -1.98. The molecule has 0 aliphatic rings. The Balaban J connectivity index is 2.21. The molecule has 5 nitrogen and oxygen atoms in total. The van der Waals surface area contributed by atoms with Gasteiger partial charge in [0.2, 0.25) is 0 Å². The molecule has 0 aliphatic heterocycles. The summed E-state index contributed by atoms with van der Waals surface area (Å²) >= 11 is 0.